The molecule has 17 heavy (non-hydrogen) atoms. The zero-order valence-electron chi connectivity index (χ0n) is 9.45. The standard InChI is InChI=1S/C15H14OS/c16-12-15(11-13-7-3-1-4-8-13)17-14-9-5-2-6-10-14/h1-10,12,15H,11H2. The Morgan fingerprint density at radius 3 is 2.12 bits per heavy atom. The number of rotatable bonds is 5. The van der Waals surface area contributed by atoms with Crippen molar-refractivity contribution in [3.63, 3.8) is 0 Å². The molecule has 0 radical (unpaired) electrons. The number of carbonyl (C=O) groups is 1. The van der Waals surface area contributed by atoms with E-state index in [9.17, 15) is 4.79 Å². The third kappa shape index (κ3) is 3.75. The monoisotopic (exact) mass is 242 g/mol. The molecule has 2 aromatic rings. The highest BCUT2D eigenvalue weighted by Gasteiger charge is 2.09. The van der Waals surface area contributed by atoms with Crippen molar-refractivity contribution in [3.05, 3.63) is 66.2 Å². The SMILES string of the molecule is O=CC(Cc1ccccc1)Sc1ccccc1. The van der Waals surface area contributed by atoms with Crippen molar-refractivity contribution in [2.75, 3.05) is 0 Å². The number of carbonyl (C=O) groups excluding carboxylic acids is 1. The van der Waals surface area contributed by atoms with Gasteiger partial charge in [0.05, 0.1) is 5.25 Å². The zero-order valence-corrected chi connectivity index (χ0v) is 10.3. The Morgan fingerprint density at radius 1 is 0.941 bits per heavy atom. The van der Waals surface area contributed by atoms with Crippen molar-refractivity contribution < 1.29 is 4.79 Å². The fourth-order valence-corrected chi connectivity index (χ4v) is 2.63. The second-order valence-corrected chi connectivity index (χ2v) is 5.11. The number of hydrogen-bond donors (Lipinski definition) is 0. The zero-order chi connectivity index (χ0) is 11.9. The van der Waals surface area contributed by atoms with E-state index in [2.05, 4.69) is 12.1 Å². The summed E-state index contributed by atoms with van der Waals surface area (Å²) in [5.41, 5.74) is 1.20. The van der Waals surface area contributed by atoms with Crippen molar-refractivity contribution in [3.8, 4) is 0 Å². The highest BCUT2D eigenvalue weighted by Crippen LogP contribution is 2.24. The largest absolute Gasteiger partial charge is 0.302 e. The maximum Gasteiger partial charge on any atom is 0.133 e. The molecule has 1 unspecified atom stereocenters. The molecule has 0 aliphatic heterocycles. The van der Waals surface area contributed by atoms with Crippen molar-refractivity contribution >= 4 is 18.0 Å². The molecule has 0 N–H and O–H groups in total. The van der Waals surface area contributed by atoms with Crippen LogP contribution in [-0.2, 0) is 11.2 Å². The quantitative estimate of drug-likeness (QED) is 0.589. The van der Waals surface area contributed by atoms with Gasteiger partial charge in [-0.25, -0.2) is 0 Å². The van der Waals surface area contributed by atoms with Gasteiger partial charge in [-0.1, -0.05) is 48.5 Å². The summed E-state index contributed by atoms with van der Waals surface area (Å²) in [6, 6.07) is 20.2. The highest BCUT2D eigenvalue weighted by atomic mass is 32.2. The van der Waals surface area contributed by atoms with E-state index in [-0.39, 0.29) is 5.25 Å². The molecule has 1 nitrogen and oxygen atoms in total. The van der Waals surface area contributed by atoms with Gasteiger partial charge in [0.1, 0.15) is 6.29 Å². The topological polar surface area (TPSA) is 17.1 Å². The Balaban J connectivity index is 2.01. The van der Waals surface area contributed by atoms with Gasteiger partial charge in [0.2, 0.25) is 0 Å². The smallest absolute Gasteiger partial charge is 0.133 e. The first-order valence-corrected chi connectivity index (χ1v) is 6.47. The second-order valence-electron chi connectivity index (χ2n) is 3.80. The van der Waals surface area contributed by atoms with Crippen LogP contribution in [0.5, 0.6) is 0 Å². The summed E-state index contributed by atoms with van der Waals surface area (Å²) in [6.07, 6.45) is 1.81. The Bertz CT molecular complexity index is 411. The third-order valence-electron chi connectivity index (χ3n) is 2.46. The van der Waals surface area contributed by atoms with Crippen LogP contribution in [0.2, 0.25) is 0 Å². The molecule has 0 saturated heterocycles. The van der Waals surface area contributed by atoms with Gasteiger partial charge in [0, 0.05) is 4.90 Å². The molecule has 0 fully saturated rings. The minimum Gasteiger partial charge on any atom is -0.302 e. The first-order chi connectivity index (χ1) is 8.38. The van der Waals surface area contributed by atoms with Gasteiger partial charge in [-0.3, -0.25) is 0 Å². The van der Waals surface area contributed by atoms with E-state index in [0.29, 0.717) is 0 Å². The normalized spacial score (nSPS) is 12.0. The Labute approximate surface area is 106 Å². The first-order valence-electron chi connectivity index (χ1n) is 5.59. The van der Waals surface area contributed by atoms with E-state index < -0.39 is 0 Å². The van der Waals surface area contributed by atoms with Crippen LogP contribution in [0, 0.1) is 0 Å². The summed E-state index contributed by atoms with van der Waals surface area (Å²) < 4.78 is 0. The number of aldehydes is 1. The van der Waals surface area contributed by atoms with Gasteiger partial charge in [-0.05, 0) is 24.1 Å². The van der Waals surface area contributed by atoms with E-state index >= 15 is 0 Å². The molecule has 0 amide bonds. The van der Waals surface area contributed by atoms with Crippen LogP contribution in [-0.4, -0.2) is 11.5 Å². The molecule has 0 aliphatic carbocycles. The van der Waals surface area contributed by atoms with Crippen LogP contribution in [0.1, 0.15) is 5.56 Å². The maximum atomic E-state index is 11.1. The van der Waals surface area contributed by atoms with Crippen LogP contribution in [0.4, 0.5) is 0 Å². The number of thioether (sulfide) groups is 1. The number of hydrogen-bond acceptors (Lipinski definition) is 2. The van der Waals surface area contributed by atoms with Crippen LogP contribution < -0.4 is 0 Å². The van der Waals surface area contributed by atoms with E-state index in [1.807, 2.05) is 48.5 Å². The fraction of sp³-hybridized carbons (Fsp3) is 0.133. The van der Waals surface area contributed by atoms with Crippen molar-refractivity contribution in [2.45, 2.75) is 16.6 Å². The predicted molar refractivity (Wildman–Crippen MR) is 72.3 cm³/mol. The highest BCUT2D eigenvalue weighted by molar-refractivity contribution is 8.00. The Hall–Kier alpha value is -1.54. The molecule has 2 heteroatoms. The molecule has 2 rings (SSSR count). The van der Waals surface area contributed by atoms with E-state index in [1.54, 1.807) is 11.8 Å². The van der Waals surface area contributed by atoms with Gasteiger partial charge >= 0.3 is 0 Å². The van der Waals surface area contributed by atoms with Gasteiger partial charge in [-0.2, -0.15) is 0 Å². The Morgan fingerprint density at radius 2 is 1.53 bits per heavy atom. The predicted octanol–water partition coefficient (Wildman–Crippen LogP) is 3.59. The molecule has 0 aromatic heterocycles. The molecule has 0 spiro atoms. The fourth-order valence-electron chi connectivity index (χ4n) is 1.64. The van der Waals surface area contributed by atoms with Gasteiger partial charge in [0.25, 0.3) is 0 Å². The molecule has 0 heterocycles. The van der Waals surface area contributed by atoms with Crippen LogP contribution in [0.3, 0.4) is 0 Å². The van der Waals surface area contributed by atoms with Crippen molar-refractivity contribution in [2.24, 2.45) is 0 Å². The van der Waals surface area contributed by atoms with Crippen LogP contribution >= 0.6 is 11.8 Å². The van der Waals surface area contributed by atoms with Gasteiger partial charge < -0.3 is 4.79 Å². The lowest BCUT2D eigenvalue weighted by Crippen LogP contribution is -2.08. The summed E-state index contributed by atoms with van der Waals surface area (Å²) in [5.74, 6) is 0. The van der Waals surface area contributed by atoms with Crippen LogP contribution in [0.25, 0.3) is 0 Å². The molecule has 2 aromatic carbocycles. The van der Waals surface area contributed by atoms with Crippen molar-refractivity contribution in [1.82, 2.24) is 0 Å². The molecular formula is C15H14OS. The molecular weight excluding hydrogens is 228 g/mol. The van der Waals surface area contributed by atoms with Gasteiger partial charge in [-0.15, -0.1) is 11.8 Å². The lowest BCUT2D eigenvalue weighted by Gasteiger charge is -2.09. The number of benzene rings is 2. The summed E-state index contributed by atoms with van der Waals surface area (Å²) in [4.78, 5) is 12.2. The molecule has 0 bridgehead atoms. The van der Waals surface area contributed by atoms with Crippen LogP contribution in [0.15, 0.2) is 65.6 Å². The van der Waals surface area contributed by atoms with E-state index in [1.165, 1.54) is 5.56 Å². The first kappa shape index (κ1) is 11.9. The average Bonchev–Trinajstić information content (AvgIpc) is 2.40. The molecule has 0 saturated carbocycles. The lowest BCUT2D eigenvalue weighted by molar-refractivity contribution is -0.107. The third-order valence-corrected chi connectivity index (χ3v) is 3.59. The maximum absolute atomic E-state index is 11.1. The summed E-state index contributed by atoms with van der Waals surface area (Å²) in [6.45, 7) is 0. The van der Waals surface area contributed by atoms with E-state index in [4.69, 9.17) is 0 Å². The summed E-state index contributed by atoms with van der Waals surface area (Å²) in [7, 11) is 0. The lowest BCUT2D eigenvalue weighted by atomic mass is 10.1. The van der Waals surface area contributed by atoms with E-state index in [0.717, 1.165) is 17.6 Å². The Kier molecular flexibility index (Phi) is 4.39. The molecule has 0 aliphatic rings. The molecule has 1 atom stereocenters. The average molecular weight is 242 g/mol. The molecule has 86 valence electrons. The summed E-state index contributed by atoms with van der Waals surface area (Å²) >= 11 is 1.62. The summed E-state index contributed by atoms with van der Waals surface area (Å²) in [5, 5.41) is -0.0141. The minimum atomic E-state index is -0.0141. The van der Waals surface area contributed by atoms with Gasteiger partial charge in [0.15, 0.2) is 0 Å². The minimum absolute atomic E-state index is 0.0141. The van der Waals surface area contributed by atoms with Crippen molar-refractivity contribution in [1.29, 1.82) is 0 Å². The second kappa shape index (κ2) is 6.26.